The van der Waals surface area contributed by atoms with Gasteiger partial charge >= 0.3 is 0 Å². The molecule has 2 amide bonds. The van der Waals surface area contributed by atoms with Gasteiger partial charge in [-0.1, -0.05) is 6.07 Å². The van der Waals surface area contributed by atoms with Gasteiger partial charge in [0, 0.05) is 20.3 Å². The van der Waals surface area contributed by atoms with Crippen molar-refractivity contribution < 1.29 is 9.59 Å². The average Bonchev–Trinajstić information content (AvgIpc) is 2.39. The molecule has 0 aliphatic heterocycles. The molecule has 0 aliphatic rings. The summed E-state index contributed by atoms with van der Waals surface area (Å²) in [4.78, 5) is 30.0. The molecule has 0 atom stereocenters. The van der Waals surface area contributed by atoms with Crippen molar-refractivity contribution in [3.63, 3.8) is 0 Å². The molecule has 1 heterocycles. The van der Waals surface area contributed by atoms with Gasteiger partial charge in [0.15, 0.2) is 5.82 Å². The molecule has 0 aromatic carbocycles. The van der Waals surface area contributed by atoms with Gasteiger partial charge in [-0.2, -0.15) is 0 Å². The Bertz CT molecular complexity index is 418. The highest BCUT2D eigenvalue weighted by atomic mass is 16.2. The largest absolute Gasteiger partial charge is 0.352 e. The van der Waals surface area contributed by atoms with Gasteiger partial charge in [0.05, 0.1) is 0 Å². The third kappa shape index (κ3) is 3.00. The summed E-state index contributed by atoms with van der Waals surface area (Å²) in [6, 6.07) is 5.11. The minimum Gasteiger partial charge on any atom is -0.352 e. The van der Waals surface area contributed by atoms with E-state index in [0.29, 0.717) is 12.2 Å². The normalized spacial score (nSPS) is 10.6. The molecule has 0 spiro atoms. The molecular weight excluding hydrogens is 222 g/mol. The summed E-state index contributed by atoms with van der Waals surface area (Å²) in [5, 5.41) is 3.63. The Morgan fingerprint density at radius 1 is 1.53 bits per heavy atom. The Morgan fingerprint density at radius 3 is 2.76 bits per heavy atom. The lowest BCUT2D eigenvalue weighted by Crippen LogP contribution is -2.49. The van der Waals surface area contributed by atoms with Crippen molar-refractivity contribution >= 4 is 24.0 Å². The van der Waals surface area contributed by atoms with E-state index in [1.165, 1.54) is 19.1 Å². The van der Waals surface area contributed by atoms with Crippen LogP contribution in [0.5, 0.6) is 0 Å². The number of hydrazine groups is 1. The molecular formula is C10H13N5O2. The summed E-state index contributed by atoms with van der Waals surface area (Å²) in [5.41, 5.74) is 2.36. The number of anilines is 1. The van der Waals surface area contributed by atoms with Crippen molar-refractivity contribution in [1.82, 2.24) is 15.7 Å². The van der Waals surface area contributed by atoms with Gasteiger partial charge in [-0.25, -0.2) is 9.99 Å². The van der Waals surface area contributed by atoms with E-state index < -0.39 is 5.91 Å². The molecule has 0 saturated carbocycles. The minimum absolute atomic E-state index is 0.0401. The molecule has 0 saturated heterocycles. The molecule has 17 heavy (non-hydrogen) atoms. The fraction of sp³-hybridized carbons (Fsp3) is 0.200. The number of carbonyl (C=O) groups is 2. The smallest absolute Gasteiger partial charge is 0.288 e. The van der Waals surface area contributed by atoms with E-state index in [-0.39, 0.29) is 5.84 Å². The maximum atomic E-state index is 11.6. The number of pyridine rings is 1. The lowest BCUT2D eigenvalue weighted by molar-refractivity contribution is -0.114. The molecule has 7 heteroatoms. The van der Waals surface area contributed by atoms with Gasteiger partial charge in [-0.05, 0) is 12.1 Å². The standard InChI is InChI=1S/C10H13N5O2/c1-11-9(10(17)12-2)15(14-7-16)8-5-3-4-6-13-8/h3-7H,1-2H3,(H,12,17)(H,14,16). The van der Waals surface area contributed by atoms with Crippen molar-refractivity contribution in [2.45, 2.75) is 0 Å². The minimum atomic E-state index is -0.424. The second kappa shape index (κ2) is 6.21. The molecule has 0 unspecified atom stereocenters. The van der Waals surface area contributed by atoms with E-state index in [2.05, 4.69) is 20.7 Å². The van der Waals surface area contributed by atoms with Gasteiger partial charge < -0.3 is 5.32 Å². The number of rotatable bonds is 3. The van der Waals surface area contributed by atoms with Crippen molar-refractivity contribution in [2.75, 3.05) is 19.1 Å². The first-order chi connectivity index (χ1) is 8.24. The highest BCUT2D eigenvalue weighted by Crippen LogP contribution is 2.07. The summed E-state index contributed by atoms with van der Waals surface area (Å²) in [6.45, 7) is 0. The van der Waals surface area contributed by atoms with Crippen LogP contribution in [0.1, 0.15) is 0 Å². The quantitative estimate of drug-likeness (QED) is 0.314. The lowest BCUT2D eigenvalue weighted by atomic mass is 10.4. The van der Waals surface area contributed by atoms with Gasteiger partial charge in [0.2, 0.25) is 12.2 Å². The van der Waals surface area contributed by atoms with E-state index in [4.69, 9.17) is 0 Å². The van der Waals surface area contributed by atoms with Crippen LogP contribution in [-0.4, -0.2) is 37.2 Å². The zero-order valence-corrected chi connectivity index (χ0v) is 9.54. The van der Waals surface area contributed by atoms with Crippen LogP contribution in [0.2, 0.25) is 0 Å². The number of amidine groups is 1. The number of nitrogens with zero attached hydrogens (tertiary/aromatic N) is 3. The van der Waals surface area contributed by atoms with E-state index in [9.17, 15) is 9.59 Å². The zero-order chi connectivity index (χ0) is 12.7. The lowest BCUT2D eigenvalue weighted by Gasteiger charge is -2.21. The Labute approximate surface area is 98.5 Å². The fourth-order valence-electron chi connectivity index (χ4n) is 1.19. The molecule has 1 aromatic rings. The zero-order valence-electron chi connectivity index (χ0n) is 9.54. The number of aromatic nitrogens is 1. The summed E-state index contributed by atoms with van der Waals surface area (Å²) < 4.78 is 0. The second-order valence-electron chi connectivity index (χ2n) is 2.90. The van der Waals surface area contributed by atoms with Crippen LogP contribution in [0.4, 0.5) is 5.82 Å². The number of nitrogens with one attached hydrogen (secondary N) is 2. The van der Waals surface area contributed by atoms with Crippen LogP contribution in [0.25, 0.3) is 0 Å². The SMILES string of the molecule is CN=C(C(=O)NC)N(NC=O)c1ccccn1. The van der Waals surface area contributed by atoms with Crippen molar-refractivity contribution in [3.8, 4) is 0 Å². The average molecular weight is 235 g/mol. The second-order valence-corrected chi connectivity index (χ2v) is 2.90. The number of aliphatic imine (C=N–C) groups is 1. The van der Waals surface area contributed by atoms with Crippen LogP contribution in [-0.2, 0) is 9.59 Å². The van der Waals surface area contributed by atoms with Crippen LogP contribution < -0.4 is 15.8 Å². The topological polar surface area (TPSA) is 86.7 Å². The van der Waals surface area contributed by atoms with E-state index in [1.807, 2.05) is 0 Å². The summed E-state index contributed by atoms with van der Waals surface area (Å²) in [6.07, 6.45) is 1.99. The molecule has 90 valence electrons. The molecule has 7 nitrogen and oxygen atoms in total. The molecule has 0 radical (unpaired) electrons. The predicted molar refractivity (Wildman–Crippen MR) is 63.3 cm³/mol. The van der Waals surface area contributed by atoms with Gasteiger partial charge in [-0.15, -0.1) is 0 Å². The molecule has 2 N–H and O–H groups in total. The van der Waals surface area contributed by atoms with Gasteiger partial charge in [-0.3, -0.25) is 20.0 Å². The number of amides is 2. The van der Waals surface area contributed by atoms with E-state index in [1.54, 1.807) is 24.4 Å². The first-order valence-corrected chi connectivity index (χ1v) is 4.84. The van der Waals surface area contributed by atoms with E-state index in [0.717, 1.165) is 0 Å². The third-order valence-corrected chi connectivity index (χ3v) is 1.91. The van der Waals surface area contributed by atoms with Crippen LogP contribution in [0, 0.1) is 0 Å². The van der Waals surface area contributed by atoms with Gasteiger partial charge in [0.25, 0.3) is 5.91 Å². The maximum Gasteiger partial charge on any atom is 0.288 e. The first-order valence-electron chi connectivity index (χ1n) is 4.84. The first kappa shape index (κ1) is 12.6. The summed E-state index contributed by atoms with van der Waals surface area (Å²) >= 11 is 0. The summed E-state index contributed by atoms with van der Waals surface area (Å²) in [7, 11) is 2.93. The van der Waals surface area contributed by atoms with E-state index >= 15 is 0 Å². The molecule has 0 fully saturated rings. The van der Waals surface area contributed by atoms with Crippen molar-refractivity contribution in [3.05, 3.63) is 24.4 Å². The highest BCUT2D eigenvalue weighted by Gasteiger charge is 2.19. The Kier molecular flexibility index (Phi) is 4.61. The Balaban J connectivity index is 3.08. The van der Waals surface area contributed by atoms with Crippen LogP contribution >= 0.6 is 0 Å². The maximum absolute atomic E-state index is 11.6. The van der Waals surface area contributed by atoms with Crippen LogP contribution in [0.3, 0.4) is 0 Å². The van der Waals surface area contributed by atoms with Gasteiger partial charge in [0.1, 0.15) is 0 Å². The number of hydrogen-bond acceptors (Lipinski definition) is 4. The number of hydrogen-bond donors (Lipinski definition) is 2. The fourth-order valence-corrected chi connectivity index (χ4v) is 1.19. The molecule has 0 aliphatic carbocycles. The third-order valence-electron chi connectivity index (χ3n) is 1.91. The monoisotopic (exact) mass is 235 g/mol. The Hall–Kier alpha value is -2.44. The van der Waals surface area contributed by atoms with Crippen molar-refractivity contribution in [1.29, 1.82) is 0 Å². The predicted octanol–water partition coefficient (Wildman–Crippen LogP) is -0.677. The molecule has 1 rings (SSSR count). The highest BCUT2D eigenvalue weighted by molar-refractivity contribution is 6.42. The number of likely N-dealkylation sites (N-methyl/N-ethyl adjacent to an activating group) is 1. The Morgan fingerprint density at radius 2 is 2.29 bits per heavy atom. The van der Waals surface area contributed by atoms with Crippen molar-refractivity contribution in [2.24, 2.45) is 4.99 Å². The molecule has 1 aromatic heterocycles. The van der Waals surface area contributed by atoms with Crippen LogP contribution in [0.15, 0.2) is 29.4 Å². The summed E-state index contributed by atoms with van der Waals surface area (Å²) in [5.74, 6) is 0.00889. The number of carbonyl (C=O) groups excluding carboxylic acids is 2. The molecule has 0 bridgehead atoms.